The Kier molecular flexibility index (Phi) is 6.64. The molecular formula is C19H29N3O3. The highest BCUT2D eigenvalue weighted by Gasteiger charge is 2.23. The number of aromatic nitrogens is 1. The molecule has 0 aliphatic carbocycles. The Labute approximate surface area is 149 Å². The highest BCUT2D eigenvalue weighted by molar-refractivity contribution is 5.78. The van der Waals surface area contributed by atoms with E-state index < -0.39 is 0 Å². The smallest absolute Gasteiger partial charge is 0.223 e. The summed E-state index contributed by atoms with van der Waals surface area (Å²) < 4.78 is 5.30. The van der Waals surface area contributed by atoms with Crippen LogP contribution in [0.3, 0.4) is 0 Å². The van der Waals surface area contributed by atoms with Crippen LogP contribution in [0.25, 0.3) is 0 Å². The molecular weight excluding hydrogens is 318 g/mol. The average Bonchev–Trinajstić information content (AvgIpc) is 2.68. The Morgan fingerprint density at radius 2 is 2.12 bits per heavy atom. The Hall–Kier alpha value is -1.66. The lowest BCUT2D eigenvalue weighted by atomic mass is 9.99. The number of hydrogen-bond acceptors (Lipinski definition) is 5. The van der Waals surface area contributed by atoms with Gasteiger partial charge in [0.05, 0.1) is 0 Å². The number of pyridine rings is 1. The molecule has 0 bridgehead atoms. The molecule has 3 rings (SSSR count). The van der Waals surface area contributed by atoms with Crippen LogP contribution in [-0.2, 0) is 16.1 Å². The monoisotopic (exact) mass is 347 g/mol. The molecule has 0 radical (unpaired) electrons. The van der Waals surface area contributed by atoms with Gasteiger partial charge >= 0.3 is 0 Å². The number of hydrogen-bond donors (Lipinski definition) is 2. The van der Waals surface area contributed by atoms with Gasteiger partial charge in [0.25, 0.3) is 0 Å². The lowest BCUT2D eigenvalue weighted by Crippen LogP contribution is -2.40. The molecule has 1 atom stereocenters. The first-order chi connectivity index (χ1) is 12.3. The van der Waals surface area contributed by atoms with Crippen molar-refractivity contribution >= 4 is 11.7 Å². The summed E-state index contributed by atoms with van der Waals surface area (Å²) >= 11 is 0. The molecule has 25 heavy (non-hydrogen) atoms. The van der Waals surface area contributed by atoms with Crippen molar-refractivity contribution in [2.24, 2.45) is 5.92 Å². The molecule has 2 fully saturated rings. The third kappa shape index (κ3) is 4.92. The minimum absolute atomic E-state index is 0.0774. The molecule has 2 aliphatic rings. The van der Waals surface area contributed by atoms with Crippen molar-refractivity contribution in [2.45, 2.75) is 51.1 Å². The second-order valence-electron chi connectivity index (χ2n) is 6.98. The molecule has 0 saturated carbocycles. The zero-order valence-electron chi connectivity index (χ0n) is 14.8. The van der Waals surface area contributed by atoms with Gasteiger partial charge in [-0.15, -0.1) is 0 Å². The van der Waals surface area contributed by atoms with Crippen LogP contribution in [-0.4, -0.2) is 48.4 Å². The van der Waals surface area contributed by atoms with E-state index in [0.29, 0.717) is 25.8 Å². The number of aliphatic hydroxyl groups excluding tert-OH is 1. The van der Waals surface area contributed by atoms with Crippen molar-refractivity contribution < 1.29 is 14.6 Å². The number of nitrogens with zero attached hydrogens (tertiary/aromatic N) is 2. The van der Waals surface area contributed by atoms with Crippen molar-refractivity contribution in [1.29, 1.82) is 0 Å². The molecule has 138 valence electrons. The highest BCUT2D eigenvalue weighted by Crippen LogP contribution is 2.25. The van der Waals surface area contributed by atoms with Crippen molar-refractivity contribution in [1.82, 2.24) is 10.3 Å². The summed E-state index contributed by atoms with van der Waals surface area (Å²) in [4.78, 5) is 19.1. The van der Waals surface area contributed by atoms with Gasteiger partial charge in [-0.05, 0) is 50.2 Å². The zero-order chi connectivity index (χ0) is 17.5. The third-order valence-electron chi connectivity index (χ3n) is 5.25. The van der Waals surface area contributed by atoms with Crippen LogP contribution >= 0.6 is 0 Å². The van der Waals surface area contributed by atoms with E-state index in [0.717, 1.165) is 43.6 Å². The molecule has 1 amide bonds. The maximum absolute atomic E-state index is 12.2. The Balaban J connectivity index is 1.53. The molecule has 6 heteroatoms. The van der Waals surface area contributed by atoms with Gasteiger partial charge in [-0.2, -0.15) is 0 Å². The standard InChI is InChI=1S/C19H29N3O3/c23-10-6-17-3-1-2-9-22(17)18-5-4-15(13-20-18)14-21-19(24)16-7-11-25-12-8-16/h4-5,13,16-17,23H,1-3,6-12,14H2,(H,21,24)/t17-/m1/s1. The number of carbonyl (C=O) groups is 1. The second-order valence-corrected chi connectivity index (χ2v) is 6.98. The van der Waals surface area contributed by atoms with Gasteiger partial charge in [0, 0.05) is 51.1 Å². The van der Waals surface area contributed by atoms with Gasteiger partial charge in [0.2, 0.25) is 5.91 Å². The van der Waals surface area contributed by atoms with Gasteiger partial charge in [-0.25, -0.2) is 4.98 Å². The van der Waals surface area contributed by atoms with Crippen LogP contribution in [0.2, 0.25) is 0 Å². The largest absolute Gasteiger partial charge is 0.396 e. The normalized spacial score (nSPS) is 22.0. The Morgan fingerprint density at radius 3 is 2.84 bits per heavy atom. The van der Waals surface area contributed by atoms with E-state index in [1.165, 1.54) is 12.8 Å². The minimum Gasteiger partial charge on any atom is -0.396 e. The van der Waals surface area contributed by atoms with Gasteiger partial charge in [-0.1, -0.05) is 6.07 Å². The van der Waals surface area contributed by atoms with Crippen molar-refractivity contribution in [2.75, 3.05) is 31.3 Å². The van der Waals surface area contributed by atoms with Crippen LogP contribution in [0.15, 0.2) is 18.3 Å². The molecule has 1 aromatic rings. The van der Waals surface area contributed by atoms with E-state index in [4.69, 9.17) is 4.74 Å². The summed E-state index contributed by atoms with van der Waals surface area (Å²) in [5.41, 5.74) is 1.01. The van der Waals surface area contributed by atoms with Crippen molar-refractivity contribution in [3.8, 4) is 0 Å². The summed E-state index contributed by atoms with van der Waals surface area (Å²) in [6.07, 6.45) is 7.78. The van der Waals surface area contributed by atoms with E-state index in [1.54, 1.807) is 0 Å². The molecule has 0 aromatic carbocycles. The number of piperidine rings is 1. The first-order valence-electron chi connectivity index (χ1n) is 9.46. The number of ether oxygens (including phenoxy) is 1. The summed E-state index contributed by atoms with van der Waals surface area (Å²) in [7, 11) is 0. The van der Waals surface area contributed by atoms with Crippen LogP contribution < -0.4 is 10.2 Å². The third-order valence-corrected chi connectivity index (χ3v) is 5.25. The molecule has 2 N–H and O–H groups in total. The number of aliphatic hydroxyl groups is 1. The molecule has 6 nitrogen and oxygen atoms in total. The van der Waals surface area contributed by atoms with Crippen molar-refractivity contribution in [3.63, 3.8) is 0 Å². The fourth-order valence-corrected chi connectivity index (χ4v) is 3.74. The highest BCUT2D eigenvalue weighted by atomic mass is 16.5. The van der Waals surface area contributed by atoms with Crippen LogP contribution in [0, 0.1) is 5.92 Å². The van der Waals surface area contributed by atoms with E-state index in [1.807, 2.05) is 18.3 Å². The molecule has 2 aliphatic heterocycles. The van der Waals surface area contributed by atoms with E-state index in [-0.39, 0.29) is 18.4 Å². The maximum atomic E-state index is 12.2. The maximum Gasteiger partial charge on any atom is 0.223 e. The molecule has 3 heterocycles. The molecule has 0 unspecified atom stereocenters. The quantitative estimate of drug-likeness (QED) is 0.822. The second kappa shape index (κ2) is 9.15. The molecule has 0 spiro atoms. The number of rotatable bonds is 6. The summed E-state index contributed by atoms with van der Waals surface area (Å²) in [5.74, 6) is 1.16. The molecule has 1 aromatic heterocycles. The predicted molar refractivity (Wildman–Crippen MR) is 96.3 cm³/mol. The summed E-state index contributed by atoms with van der Waals surface area (Å²) in [6, 6.07) is 4.45. The number of carbonyl (C=O) groups excluding carboxylic acids is 1. The van der Waals surface area contributed by atoms with Gasteiger partial charge in [0.15, 0.2) is 0 Å². The van der Waals surface area contributed by atoms with E-state index >= 15 is 0 Å². The minimum atomic E-state index is 0.0774. The first kappa shape index (κ1) is 18.1. The number of amides is 1. The first-order valence-corrected chi connectivity index (χ1v) is 9.46. The van der Waals surface area contributed by atoms with Gasteiger partial charge in [-0.3, -0.25) is 4.79 Å². The fraction of sp³-hybridized carbons (Fsp3) is 0.684. The lowest BCUT2D eigenvalue weighted by molar-refractivity contribution is -0.128. The van der Waals surface area contributed by atoms with Gasteiger partial charge < -0.3 is 20.1 Å². The van der Waals surface area contributed by atoms with Crippen molar-refractivity contribution in [3.05, 3.63) is 23.9 Å². The lowest BCUT2D eigenvalue weighted by Gasteiger charge is -2.36. The topological polar surface area (TPSA) is 74.7 Å². The van der Waals surface area contributed by atoms with Gasteiger partial charge in [0.1, 0.15) is 5.82 Å². The zero-order valence-corrected chi connectivity index (χ0v) is 14.8. The predicted octanol–water partition coefficient (Wildman–Crippen LogP) is 1.87. The molecule has 2 saturated heterocycles. The van der Waals surface area contributed by atoms with Crippen LogP contribution in [0.4, 0.5) is 5.82 Å². The van der Waals surface area contributed by atoms with Crippen LogP contribution in [0.5, 0.6) is 0 Å². The Morgan fingerprint density at radius 1 is 1.28 bits per heavy atom. The average molecular weight is 347 g/mol. The summed E-state index contributed by atoms with van der Waals surface area (Å²) in [6.45, 7) is 3.09. The van der Waals surface area contributed by atoms with Crippen LogP contribution in [0.1, 0.15) is 44.1 Å². The summed E-state index contributed by atoms with van der Waals surface area (Å²) in [5, 5.41) is 12.3. The van der Waals surface area contributed by atoms with E-state index in [9.17, 15) is 9.90 Å². The SMILES string of the molecule is O=C(NCc1ccc(N2CCCC[C@@H]2CCO)nc1)C1CCOCC1. The van der Waals surface area contributed by atoms with E-state index in [2.05, 4.69) is 15.2 Å². The number of nitrogens with one attached hydrogen (secondary N) is 1. The fourth-order valence-electron chi connectivity index (χ4n) is 3.74. The number of anilines is 1. The Bertz CT molecular complexity index is 541.